The molecule has 1 saturated carbocycles. The summed E-state index contributed by atoms with van der Waals surface area (Å²) < 4.78 is 45.5. The monoisotopic (exact) mass is 341 g/mol. The van der Waals surface area contributed by atoms with Gasteiger partial charge < -0.3 is 10.1 Å². The molecule has 2 aromatic heterocycles. The molecule has 1 aliphatic heterocycles. The Morgan fingerprint density at radius 3 is 2.75 bits per heavy atom. The van der Waals surface area contributed by atoms with E-state index in [1.165, 1.54) is 12.8 Å². The van der Waals surface area contributed by atoms with Crippen LogP contribution < -0.4 is 5.32 Å². The summed E-state index contributed by atoms with van der Waals surface area (Å²) in [6.07, 6.45) is -0.270. The molecule has 2 aromatic rings. The van der Waals surface area contributed by atoms with Crippen LogP contribution in [0, 0.1) is 12.8 Å². The molecule has 0 spiro atoms. The topological polar surface area (TPSA) is 64.3 Å². The van der Waals surface area contributed by atoms with Crippen LogP contribution in [-0.2, 0) is 10.9 Å². The Labute approximate surface area is 136 Å². The van der Waals surface area contributed by atoms with Crippen molar-refractivity contribution in [2.24, 2.45) is 5.92 Å². The van der Waals surface area contributed by atoms with E-state index >= 15 is 0 Å². The highest BCUT2D eigenvalue weighted by molar-refractivity contribution is 5.46. The van der Waals surface area contributed by atoms with E-state index < -0.39 is 12.0 Å². The summed E-state index contributed by atoms with van der Waals surface area (Å²) in [5, 5.41) is 6.90. The van der Waals surface area contributed by atoms with Crippen LogP contribution in [-0.4, -0.2) is 38.3 Å². The van der Waals surface area contributed by atoms with Crippen LogP contribution >= 0.6 is 0 Å². The molecule has 0 bridgehead atoms. The average Bonchev–Trinajstić information content (AvgIpc) is 3.26. The van der Waals surface area contributed by atoms with Crippen LogP contribution in [0.1, 0.15) is 37.2 Å². The molecular formula is C15H18F3N5O. The van der Waals surface area contributed by atoms with Crippen molar-refractivity contribution in [3.8, 4) is 0 Å². The third-order valence-corrected chi connectivity index (χ3v) is 4.51. The summed E-state index contributed by atoms with van der Waals surface area (Å²) >= 11 is 0. The minimum absolute atomic E-state index is 0.0457. The number of hydrogen-bond acceptors (Lipinski definition) is 5. The van der Waals surface area contributed by atoms with Crippen LogP contribution in [0.3, 0.4) is 0 Å². The van der Waals surface area contributed by atoms with E-state index in [1.54, 1.807) is 13.0 Å². The summed E-state index contributed by atoms with van der Waals surface area (Å²) in [6.45, 7) is 2.39. The van der Waals surface area contributed by atoms with E-state index in [0.29, 0.717) is 24.0 Å². The summed E-state index contributed by atoms with van der Waals surface area (Å²) in [6, 6.07) is 1.84. The Morgan fingerprint density at radius 1 is 1.25 bits per heavy atom. The van der Waals surface area contributed by atoms with E-state index in [4.69, 9.17) is 4.74 Å². The molecule has 1 N–H and O–H groups in total. The third-order valence-electron chi connectivity index (χ3n) is 4.51. The van der Waals surface area contributed by atoms with Crippen LogP contribution in [0.5, 0.6) is 0 Å². The number of aryl methyl sites for hydroxylation is 1. The number of anilines is 1. The molecule has 130 valence electrons. The smallest absolute Gasteiger partial charge is 0.378 e. The number of halogens is 3. The summed E-state index contributed by atoms with van der Waals surface area (Å²) in [4.78, 5) is 7.54. The molecule has 2 atom stereocenters. The lowest BCUT2D eigenvalue weighted by Gasteiger charge is -2.30. The number of aromatic nitrogens is 4. The lowest BCUT2D eigenvalue weighted by molar-refractivity contribution is -0.144. The molecule has 0 amide bonds. The van der Waals surface area contributed by atoms with Gasteiger partial charge in [0, 0.05) is 24.4 Å². The minimum atomic E-state index is -4.59. The molecule has 1 saturated heterocycles. The van der Waals surface area contributed by atoms with Gasteiger partial charge in [0.15, 0.2) is 0 Å². The number of hydrogen-bond donors (Lipinski definition) is 1. The molecule has 2 unspecified atom stereocenters. The highest BCUT2D eigenvalue weighted by Gasteiger charge is 2.38. The lowest BCUT2D eigenvalue weighted by Crippen LogP contribution is -2.35. The number of nitrogens with zero attached hydrogens (tertiary/aromatic N) is 4. The summed E-state index contributed by atoms with van der Waals surface area (Å²) in [5.74, 6) is -0.0962. The van der Waals surface area contributed by atoms with E-state index in [1.807, 2.05) is 0 Å². The highest BCUT2D eigenvalue weighted by atomic mass is 19.4. The lowest BCUT2D eigenvalue weighted by atomic mass is 10.00. The number of alkyl halides is 3. The third kappa shape index (κ3) is 3.04. The normalized spacial score (nSPS) is 25.2. The first-order valence-corrected chi connectivity index (χ1v) is 8.10. The van der Waals surface area contributed by atoms with Gasteiger partial charge in [-0.25, -0.2) is 4.98 Å². The molecule has 6 nitrogen and oxygen atoms in total. The van der Waals surface area contributed by atoms with Crippen LogP contribution in [0.15, 0.2) is 6.07 Å². The van der Waals surface area contributed by atoms with E-state index in [-0.39, 0.29) is 17.9 Å². The fourth-order valence-electron chi connectivity index (χ4n) is 3.17. The highest BCUT2D eigenvalue weighted by Crippen LogP contribution is 2.38. The number of rotatable bonds is 3. The van der Waals surface area contributed by atoms with E-state index in [9.17, 15) is 13.2 Å². The largest absolute Gasteiger partial charge is 0.453 e. The Morgan fingerprint density at radius 2 is 2.04 bits per heavy atom. The Bertz CT molecular complexity index is 755. The second-order valence-electron chi connectivity index (χ2n) is 6.54. The van der Waals surface area contributed by atoms with Crippen molar-refractivity contribution < 1.29 is 17.9 Å². The maximum atomic E-state index is 12.9. The van der Waals surface area contributed by atoms with Gasteiger partial charge in [-0.3, -0.25) is 0 Å². The van der Waals surface area contributed by atoms with Crippen molar-refractivity contribution in [2.45, 2.75) is 50.9 Å². The quantitative estimate of drug-likeness (QED) is 0.930. The SMILES string of the molecule is Cc1cc(NC2CCOC(C3CC3)C2)n2nc(C(F)(F)F)nc2n1. The zero-order valence-corrected chi connectivity index (χ0v) is 13.2. The maximum Gasteiger partial charge on any atom is 0.453 e. The zero-order chi connectivity index (χ0) is 16.9. The van der Waals surface area contributed by atoms with Crippen molar-refractivity contribution >= 4 is 11.6 Å². The van der Waals surface area contributed by atoms with E-state index in [0.717, 1.165) is 17.4 Å². The fraction of sp³-hybridized carbons (Fsp3) is 0.667. The van der Waals surface area contributed by atoms with Crippen molar-refractivity contribution in [3.63, 3.8) is 0 Å². The van der Waals surface area contributed by atoms with Gasteiger partial charge in [-0.1, -0.05) is 0 Å². The first-order valence-electron chi connectivity index (χ1n) is 8.10. The standard InChI is InChI=1S/C15H18F3N5O/c1-8-6-12(20-10-4-5-24-11(7-10)9-2-3-9)23-14(19-8)21-13(22-23)15(16,17)18/h6,9-11,20H,2-5,7H2,1H3. The van der Waals surface area contributed by atoms with Gasteiger partial charge in [0.2, 0.25) is 0 Å². The number of fused-ring (bicyclic) bond motifs is 1. The van der Waals surface area contributed by atoms with E-state index in [2.05, 4.69) is 20.4 Å². The first-order chi connectivity index (χ1) is 11.4. The predicted octanol–water partition coefficient (Wildman–Crippen LogP) is 2.82. The molecule has 3 heterocycles. The van der Waals surface area contributed by atoms with Gasteiger partial charge >= 0.3 is 6.18 Å². The minimum Gasteiger partial charge on any atom is -0.378 e. The van der Waals surface area contributed by atoms with Crippen LogP contribution in [0.2, 0.25) is 0 Å². The van der Waals surface area contributed by atoms with Gasteiger partial charge in [0.05, 0.1) is 6.10 Å². The predicted molar refractivity (Wildman–Crippen MR) is 79.6 cm³/mol. The van der Waals surface area contributed by atoms with Gasteiger partial charge in [-0.05, 0) is 38.5 Å². The second kappa shape index (κ2) is 5.58. The molecule has 24 heavy (non-hydrogen) atoms. The van der Waals surface area contributed by atoms with Crippen LogP contribution in [0.25, 0.3) is 5.78 Å². The Balaban J connectivity index is 1.61. The van der Waals surface area contributed by atoms with Crippen molar-refractivity contribution in [1.29, 1.82) is 0 Å². The summed E-state index contributed by atoms with van der Waals surface area (Å²) in [7, 11) is 0. The maximum absolute atomic E-state index is 12.9. The average molecular weight is 341 g/mol. The van der Waals surface area contributed by atoms with Crippen LogP contribution in [0.4, 0.5) is 19.0 Å². The molecule has 2 fully saturated rings. The number of nitrogens with one attached hydrogen (secondary N) is 1. The first kappa shape index (κ1) is 15.6. The van der Waals surface area contributed by atoms with Crippen molar-refractivity contribution in [3.05, 3.63) is 17.6 Å². The van der Waals surface area contributed by atoms with Crippen molar-refractivity contribution in [1.82, 2.24) is 19.6 Å². The van der Waals surface area contributed by atoms with Gasteiger partial charge in [-0.15, -0.1) is 5.10 Å². The van der Waals surface area contributed by atoms with Crippen molar-refractivity contribution in [2.75, 3.05) is 11.9 Å². The van der Waals surface area contributed by atoms with Gasteiger partial charge in [0.25, 0.3) is 11.6 Å². The Kier molecular flexibility index (Phi) is 3.63. The molecular weight excluding hydrogens is 323 g/mol. The fourth-order valence-corrected chi connectivity index (χ4v) is 3.17. The van der Waals surface area contributed by atoms with Gasteiger partial charge in [-0.2, -0.15) is 22.7 Å². The number of ether oxygens (including phenoxy) is 1. The molecule has 9 heteroatoms. The molecule has 2 aliphatic rings. The Hall–Kier alpha value is -1.90. The molecule has 1 aliphatic carbocycles. The zero-order valence-electron chi connectivity index (χ0n) is 13.2. The molecule has 4 rings (SSSR count). The second-order valence-corrected chi connectivity index (χ2v) is 6.54. The molecule has 0 aromatic carbocycles. The van der Waals surface area contributed by atoms with Gasteiger partial charge in [0.1, 0.15) is 5.82 Å². The summed E-state index contributed by atoms with van der Waals surface area (Å²) in [5.41, 5.74) is 0.594. The molecule has 0 radical (unpaired) electrons.